The van der Waals surface area contributed by atoms with Gasteiger partial charge in [-0.3, -0.25) is 0 Å². The van der Waals surface area contributed by atoms with Gasteiger partial charge in [0, 0.05) is 24.5 Å². The minimum atomic E-state index is -4.43. The number of hydrogen-bond donors (Lipinski definition) is 3. The maximum Gasteiger partial charge on any atom is 0.418 e. The third kappa shape index (κ3) is 3.30. The molecule has 0 unspecified atom stereocenters. The van der Waals surface area contributed by atoms with Gasteiger partial charge in [-0.25, -0.2) is 0 Å². The lowest BCUT2D eigenvalue weighted by molar-refractivity contribution is -0.136. The number of benzene rings is 1. The average molecular weight is 234 g/mol. The molecule has 1 aromatic rings. The summed E-state index contributed by atoms with van der Waals surface area (Å²) in [6, 6.07) is 3.58. The molecule has 0 atom stereocenters. The van der Waals surface area contributed by atoms with E-state index in [4.69, 9.17) is 10.8 Å². The largest absolute Gasteiger partial charge is 0.418 e. The van der Waals surface area contributed by atoms with Crippen LogP contribution in [0.1, 0.15) is 12.0 Å². The van der Waals surface area contributed by atoms with Gasteiger partial charge in [-0.2, -0.15) is 13.2 Å². The minimum absolute atomic E-state index is 0.0184. The number of hydrogen-bond acceptors (Lipinski definition) is 3. The van der Waals surface area contributed by atoms with Crippen LogP contribution in [0.3, 0.4) is 0 Å². The van der Waals surface area contributed by atoms with Crippen molar-refractivity contribution in [2.45, 2.75) is 12.6 Å². The van der Waals surface area contributed by atoms with Crippen LogP contribution in [0.15, 0.2) is 18.2 Å². The Morgan fingerprint density at radius 2 is 2.00 bits per heavy atom. The van der Waals surface area contributed by atoms with Crippen molar-refractivity contribution in [3.05, 3.63) is 23.8 Å². The van der Waals surface area contributed by atoms with Crippen molar-refractivity contribution in [1.29, 1.82) is 0 Å². The van der Waals surface area contributed by atoms with Gasteiger partial charge in [0.25, 0.3) is 0 Å². The van der Waals surface area contributed by atoms with Crippen LogP contribution in [0, 0.1) is 0 Å². The molecule has 0 amide bonds. The van der Waals surface area contributed by atoms with E-state index < -0.39 is 11.7 Å². The number of nitrogen functional groups attached to an aromatic ring is 1. The Labute approximate surface area is 91.1 Å². The Kier molecular flexibility index (Phi) is 4.00. The topological polar surface area (TPSA) is 58.3 Å². The van der Waals surface area contributed by atoms with Crippen LogP contribution in [0.5, 0.6) is 0 Å². The molecule has 0 aliphatic rings. The van der Waals surface area contributed by atoms with E-state index in [1.807, 2.05) is 0 Å². The molecular formula is C10H13F3N2O. The molecular weight excluding hydrogens is 221 g/mol. The lowest BCUT2D eigenvalue weighted by Gasteiger charge is -2.14. The van der Waals surface area contributed by atoms with Crippen molar-refractivity contribution in [1.82, 2.24) is 0 Å². The summed E-state index contributed by atoms with van der Waals surface area (Å²) in [7, 11) is 0. The Morgan fingerprint density at radius 3 is 2.56 bits per heavy atom. The molecule has 6 heteroatoms. The number of aliphatic hydroxyl groups excluding tert-OH is 1. The molecule has 16 heavy (non-hydrogen) atoms. The van der Waals surface area contributed by atoms with Crippen molar-refractivity contribution in [2.75, 3.05) is 24.2 Å². The number of nitrogens with two attached hydrogens (primary N) is 1. The standard InChI is InChI=1S/C10H13F3N2O/c11-10(12,13)8-6-7(14)2-3-9(8)15-4-1-5-16/h2-3,6,15-16H,1,4-5,14H2. The predicted octanol–water partition coefficient (Wildman–Crippen LogP) is 2.08. The third-order valence-corrected chi connectivity index (χ3v) is 2.00. The van der Waals surface area contributed by atoms with Gasteiger partial charge < -0.3 is 16.2 Å². The molecule has 0 aliphatic carbocycles. The highest BCUT2D eigenvalue weighted by Gasteiger charge is 2.33. The molecule has 0 fully saturated rings. The van der Waals surface area contributed by atoms with E-state index in [9.17, 15) is 13.2 Å². The van der Waals surface area contributed by atoms with Crippen molar-refractivity contribution >= 4 is 11.4 Å². The second-order valence-corrected chi connectivity index (χ2v) is 3.31. The Hall–Kier alpha value is -1.43. The van der Waals surface area contributed by atoms with Crippen LogP contribution in [0.2, 0.25) is 0 Å². The van der Waals surface area contributed by atoms with Crippen LogP contribution in [-0.4, -0.2) is 18.3 Å². The summed E-state index contributed by atoms with van der Waals surface area (Å²) in [5.74, 6) is 0. The van der Waals surface area contributed by atoms with Crippen molar-refractivity contribution in [2.24, 2.45) is 0 Å². The molecule has 4 N–H and O–H groups in total. The zero-order valence-corrected chi connectivity index (χ0v) is 8.51. The second kappa shape index (κ2) is 5.07. The summed E-state index contributed by atoms with van der Waals surface area (Å²) in [4.78, 5) is 0. The zero-order chi connectivity index (χ0) is 12.2. The molecule has 0 heterocycles. The normalized spacial score (nSPS) is 11.5. The molecule has 0 radical (unpaired) electrons. The number of halogens is 3. The van der Waals surface area contributed by atoms with E-state index >= 15 is 0 Å². The molecule has 0 aromatic heterocycles. The quantitative estimate of drug-likeness (QED) is 0.552. The Bertz CT molecular complexity index is 352. The molecule has 0 saturated heterocycles. The summed E-state index contributed by atoms with van der Waals surface area (Å²) in [6.07, 6.45) is -4.04. The fourth-order valence-corrected chi connectivity index (χ4v) is 1.25. The fourth-order valence-electron chi connectivity index (χ4n) is 1.25. The molecule has 90 valence electrons. The van der Waals surface area contributed by atoms with Crippen LogP contribution in [0.4, 0.5) is 24.5 Å². The summed E-state index contributed by atoms with van der Waals surface area (Å²) >= 11 is 0. The first-order valence-electron chi connectivity index (χ1n) is 4.76. The highest BCUT2D eigenvalue weighted by Crippen LogP contribution is 2.35. The molecule has 0 saturated carbocycles. The summed E-state index contributed by atoms with van der Waals surface area (Å²) in [6.45, 7) is 0.215. The predicted molar refractivity (Wildman–Crippen MR) is 56.0 cm³/mol. The van der Waals surface area contributed by atoms with Crippen molar-refractivity contribution < 1.29 is 18.3 Å². The van der Waals surface area contributed by atoms with Gasteiger partial charge >= 0.3 is 6.18 Å². The van der Waals surface area contributed by atoms with Gasteiger partial charge in [-0.1, -0.05) is 0 Å². The molecule has 0 aliphatic heterocycles. The van der Waals surface area contributed by atoms with E-state index in [0.717, 1.165) is 6.07 Å². The van der Waals surface area contributed by atoms with E-state index in [1.165, 1.54) is 12.1 Å². The summed E-state index contributed by atoms with van der Waals surface area (Å²) in [5.41, 5.74) is 4.58. The first-order chi connectivity index (χ1) is 7.45. The molecule has 0 spiro atoms. The van der Waals surface area contributed by atoms with Crippen molar-refractivity contribution in [3.8, 4) is 0 Å². The molecule has 1 aromatic carbocycles. The highest BCUT2D eigenvalue weighted by molar-refractivity contribution is 5.59. The Morgan fingerprint density at radius 1 is 1.31 bits per heavy atom. The van der Waals surface area contributed by atoms with Gasteiger partial charge in [0.1, 0.15) is 0 Å². The van der Waals surface area contributed by atoms with Gasteiger partial charge in [-0.05, 0) is 24.6 Å². The van der Waals surface area contributed by atoms with E-state index in [2.05, 4.69) is 5.32 Å². The second-order valence-electron chi connectivity index (χ2n) is 3.31. The Balaban J connectivity index is 2.90. The van der Waals surface area contributed by atoms with Crippen molar-refractivity contribution in [3.63, 3.8) is 0 Å². The third-order valence-electron chi connectivity index (χ3n) is 2.00. The smallest absolute Gasteiger partial charge is 0.399 e. The highest BCUT2D eigenvalue weighted by atomic mass is 19.4. The van der Waals surface area contributed by atoms with Gasteiger partial charge in [-0.15, -0.1) is 0 Å². The number of aliphatic hydroxyl groups is 1. The SMILES string of the molecule is Nc1ccc(NCCCO)c(C(F)(F)F)c1. The first-order valence-corrected chi connectivity index (χ1v) is 4.76. The number of anilines is 2. The maximum absolute atomic E-state index is 12.6. The van der Waals surface area contributed by atoms with Crippen LogP contribution >= 0.6 is 0 Å². The molecule has 1 rings (SSSR count). The maximum atomic E-state index is 12.6. The minimum Gasteiger partial charge on any atom is -0.399 e. The van der Waals surface area contributed by atoms with E-state index in [0.29, 0.717) is 6.42 Å². The number of rotatable bonds is 4. The van der Waals surface area contributed by atoms with Gasteiger partial charge in [0.15, 0.2) is 0 Å². The number of alkyl halides is 3. The van der Waals surface area contributed by atoms with E-state index in [1.54, 1.807) is 0 Å². The van der Waals surface area contributed by atoms with E-state index in [-0.39, 0.29) is 24.5 Å². The van der Waals surface area contributed by atoms with Gasteiger partial charge in [0.2, 0.25) is 0 Å². The molecule has 3 nitrogen and oxygen atoms in total. The van der Waals surface area contributed by atoms with Crippen LogP contribution in [0.25, 0.3) is 0 Å². The summed E-state index contributed by atoms with van der Waals surface area (Å²) < 4.78 is 37.8. The lowest BCUT2D eigenvalue weighted by atomic mass is 10.1. The van der Waals surface area contributed by atoms with Crippen LogP contribution < -0.4 is 11.1 Å². The number of nitrogens with one attached hydrogen (secondary N) is 1. The lowest BCUT2D eigenvalue weighted by Crippen LogP contribution is -2.12. The molecule has 0 bridgehead atoms. The summed E-state index contributed by atoms with van der Waals surface area (Å²) in [5, 5.41) is 11.1. The average Bonchev–Trinajstić information content (AvgIpc) is 2.19. The first kappa shape index (κ1) is 12.6. The van der Waals surface area contributed by atoms with Crippen LogP contribution in [-0.2, 0) is 6.18 Å². The fraction of sp³-hybridized carbons (Fsp3) is 0.400. The monoisotopic (exact) mass is 234 g/mol. The zero-order valence-electron chi connectivity index (χ0n) is 8.51. The van der Waals surface area contributed by atoms with Gasteiger partial charge in [0.05, 0.1) is 5.56 Å².